The molecule has 0 aliphatic rings. The van der Waals surface area contributed by atoms with Gasteiger partial charge in [-0.25, -0.2) is 0 Å². The summed E-state index contributed by atoms with van der Waals surface area (Å²) in [6.45, 7) is 0. The lowest BCUT2D eigenvalue weighted by molar-refractivity contribution is 1.19. The normalized spacial score (nSPS) is 11.5. The van der Waals surface area contributed by atoms with Crippen LogP contribution in [0.4, 0.5) is 17.1 Å². The molecule has 62 heavy (non-hydrogen) atoms. The summed E-state index contributed by atoms with van der Waals surface area (Å²) in [4.78, 5) is 2.37. The maximum Gasteiger partial charge on any atom is 0.0619 e. The summed E-state index contributed by atoms with van der Waals surface area (Å²) < 4.78 is 2.44. The van der Waals surface area contributed by atoms with E-state index < -0.39 is 0 Å². The lowest BCUT2D eigenvalue weighted by Gasteiger charge is -2.26. The van der Waals surface area contributed by atoms with Gasteiger partial charge >= 0.3 is 0 Å². The zero-order chi connectivity index (χ0) is 41.0. The minimum absolute atomic E-state index is 1.10. The van der Waals surface area contributed by atoms with Gasteiger partial charge in [-0.3, -0.25) is 0 Å². The van der Waals surface area contributed by atoms with Crippen molar-refractivity contribution in [3.8, 4) is 39.1 Å². The molecule has 0 aliphatic heterocycles. The Balaban J connectivity index is 0.945. The summed E-state index contributed by atoms with van der Waals surface area (Å²) >= 11 is 0. The molecule has 12 aromatic rings. The summed E-state index contributed by atoms with van der Waals surface area (Å²) in [5, 5.41) is 9.95. The summed E-state index contributed by atoms with van der Waals surface area (Å²) in [6.07, 6.45) is 0. The predicted molar refractivity (Wildman–Crippen MR) is 264 cm³/mol. The molecule has 12 rings (SSSR count). The van der Waals surface area contributed by atoms with Crippen LogP contribution in [0.3, 0.4) is 0 Å². The predicted octanol–water partition coefficient (Wildman–Crippen LogP) is 16.7. The van der Waals surface area contributed by atoms with E-state index in [1.54, 1.807) is 0 Å². The third-order valence-corrected chi connectivity index (χ3v) is 12.5. The number of fused-ring (bicyclic) bond motifs is 7. The minimum atomic E-state index is 1.10. The number of anilines is 3. The first-order valence-electron chi connectivity index (χ1n) is 21.3. The van der Waals surface area contributed by atoms with E-state index in [1.807, 2.05) is 0 Å². The van der Waals surface area contributed by atoms with Gasteiger partial charge in [-0.15, -0.1) is 0 Å². The van der Waals surface area contributed by atoms with Crippen LogP contribution in [-0.2, 0) is 0 Å². The molecule has 11 aromatic carbocycles. The first kappa shape index (κ1) is 35.7. The number of hydrogen-bond donors (Lipinski definition) is 0. The van der Waals surface area contributed by atoms with E-state index in [9.17, 15) is 0 Å². The molecule has 0 atom stereocenters. The fourth-order valence-electron chi connectivity index (χ4n) is 9.49. The van der Waals surface area contributed by atoms with E-state index in [2.05, 4.69) is 252 Å². The van der Waals surface area contributed by atoms with Crippen molar-refractivity contribution < 1.29 is 0 Å². The Morgan fingerprint density at radius 1 is 0.274 bits per heavy atom. The molecule has 1 aromatic heterocycles. The second kappa shape index (κ2) is 14.8. The Bertz CT molecular complexity index is 3600. The monoisotopic (exact) mass is 788 g/mol. The van der Waals surface area contributed by atoms with Gasteiger partial charge in [-0.1, -0.05) is 182 Å². The van der Waals surface area contributed by atoms with Gasteiger partial charge in [0.1, 0.15) is 0 Å². The number of nitrogens with zero attached hydrogens (tertiary/aromatic N) is 2. The number of benzene rings is 11. The molecule has 0 N–H and O–H groups in total. The quantitative estimate of drug-likeness (QED) is 0.156. The highest BCUT2D eigenvalue weighted by molar-refractivity contribution is 6.19. The fourth-order valence-corrected chi connectivity index (χ4v) is 9.49. The van der Waals surface area contributed by atoms with E-state index >= 15 is 0 Å². The molecule has 0 saturated heterocycles. The highest BCUT2D eigenvalue weighted by atomic mass is 15.1. The molecule has 0 aliphatic carbocycles. The van der Waals surface area contributed by atoms with Gasteiger partial charge in [0, 0.05) is 38.9 Å². The van der Waals surface area contributed by atoms with E-state index in [0.29, 0.717) is 0 Å². The molecular formula is C60H40N2. The van der Waals surface area contributed by atoms with Crippen LogP contribution in [-0.4, -0.2) is 4.57 Å². The standard InChI is InChI=1S/C60H40N2/c1-3-13-44(14-4-1)54-21-11-17-46-22-23-48(39-58(46)54)42-24-31-51(32-25-42)61(53-35-28-41-12-7-8-16-47(41)38-53)52-33-26-43(27-34-52)49-30-36-56-57-37-29-45-15-9-10-20-55(45)60(57)62(59(56)40-49)50-18-5-2-6-19-50/h1-40H. The van der Waals surface area contributed by atoms with Crippen molar-refractivity contribution in [2.24, 2.45) is 0 Å². The van der Waals surface area contributed by atoms with Gasteiger partial charge in [0.05, 0.1) is 11.0 Å². The molecule has 2 heteroatoms. The second-order valence-corrected chi connectivity index (χ2v) is 16.2. The van der Waals surface area contributed by atoms with Crippen LogP contribution in [0.1, 0.15) is 0 Å². The smallest absolute Gasteiger partial charge is 0.0619 e. The van der Waals surface area contributed by atoms with E-state index in [4.69, 9.17) is 0 Å². The summed E-state index contributed by atoms with van der Waals surface area (Å²) in [5.74, 6) is 0. The molecule has 0 fully saturated rings. The average molecular weight is 789 g/mol. The van der Waals surface area contributed by atoms with Crippen LogP contribution < -0.4 is 4.90 Å². The lowest BCUT2D eigenvalue weighted by Crippen LogP contribution is -2.09. The van der Waals surface area contributed by atoms with Crippen LogP contribution >= 0.6 is 0 Å². The van der Waals surface area contributed by atoms with Crippen LogP contribution in [0.5, 0.6) is 0 Å². The van der Waals surface area contributed by atoms with Crippen molar-refractivity contribution in [2.75, 3.05) is 4.90 Å². The number of hydrogen-bond acceptors (Lipinski definition) is 1. The molecule has 0 unspecified atom stereocenters. The molecule has 0 radical (unpaired) electrons. The topological polar surface area (TPSA) is 8.17 Å². The Labute approximate surface area is 360 Å². The summed E-state index contributed by atoms with van der Waals surface area (Å²) in [6, 6.07) is 88.4. The molecular weight excluding hydrogens is 749 g/mol. The van der Waals surface area contributed by atoms with Crippen molar-refractivity contribution in [1.29, 1.82) is 0 Å². The van der Waals surface area contributed by atoms with Crippen LogP contribution in [0.15, 0.2) is 243 Å². The molecule has 0 spiro atoms. The Kier molecular flexibility index (Phi) is 8.53. The second-order valence-electron chi connectivity index (χ2n) is 16.2. The minimum Gasteiger partial charge on any atom is -0.310 e. The van der Waals surface area contributed by atoms with Gasteiger partial charge in [0.2, 0.25) is 0 Å². The van der Waals surface area contributed by atoms with Gasteiger partial charge < -0.3 is 9.47 Å². The SMILES string of the molecule is c1ccc(-c2cccc3ccc(-c4ccc(N(c5ccc(-c6ccc7c8ccc9ccccc9c8n(-c8ccccc8)c7c6)cc5)c5ccc6ccccc6c5)cc4)cc23)cc1. The van der Waals surface area contributed by atoms with Crippen molar-refractivity contribution in [3.05, 3.63) is 243 Å². The summed E-state index contributed by atoms with van der Waals surface area (Å²) in [7, 11) is 0. The van der Waals surface area contributed by atoms with Crippen LogP contribution in [0.25, 0.3) is 93.2 Å². The third kappa shape index (κ3) is 6.12. The maximum atomic E-state index is 2.44. The van der Waals surface area contributed by atoms with Gasteiger partial charge in [0.25, 0.3) is 0 Å². The first-order chi connectivity index (χ1) is 30.7. The molecule has 0 amide bonds. The molecule has 0 bridgehead atoms. The third-order valence-electron chi connectivity index (χ3n) is 12.5. The number of rotatable bonds is 7. The van der Waals surface area contributed by atoms with Crippen LogP contribution in [0, 0.1) is 0 Å². The molecule has 2 nitrogen and oxygen atoms in total. The van der Waals surface area contributed by atoms with Crippen molar-refractivity contribution in [2.45, 2.75) is 0 Å². The lowest BCUT2D eigenvalue weighted by atomic mass is 9.95. The maximum absolute atomic E-state index is 2.44. The van der Waals surface area contributed by atoms with E-state index in [1.165, 1.54) is 87.5 Å². The van der Waals surface area contributed by atoms with Gasteiger partial charge in [-0.2, -0.15) is 0 Å². The zero-order valence-corrected chi connectivity index (χ0v) is 34.0. The Morgan fingerprint density at radius 2 is 0.806 bits per heavy atom. The van der Waals surface area contributed by atoms with Gasteiger partial charge in [0.15, 0.2) is 0 Å². The molecule has 290 valence electrons. The highest BCUT2D eigenvalue weighted by Gasteiger charge is 2.18. The van der Waals surface area contributed by atoms with Crippen LogP contribution in [0.2, 0.25) is 0 Å². The van der Waals surface area contributed by atoms with Crippen molar-refractivity contribution in [3.63, 3.8) is 0 Å². The molecule has 0 saturated carbocycles. The largest absolute Gasteiger partial charge is 0.310 e. The highest BCUT2D eigenvalue weighted by Crippen LogP contribution is 2.41. The number of aromatic nitrogens is 1. The molecule has 1 heterocycles. The number of para-hydroxylation sites is 1. The van der Waals surface area contributed by atoms with Gasteiger partial charge in [-0.05, 0) is 121 Å². The first-order valence-corrected chi connectivity index (χ1v) is 21.3. The van der Waals surface area contributed by atoms with E-state index in [0.717, 1.165) is 22.7 Å². The fraction of sp³-hybridized carbons (Fsp3) is 0. The van der Waals surface area contributed by atoms with Crippen molar-refractivity contribution >= 4 is 71.2 Å². The summed E-state index contributed by atoms with van der Waals surface area (Å²) in [5.41, 5.74) is 14.1. The Morgan fingerprint density at radius 3 is 1.56 bits per heavy atom. The zero-order valence-electron chi connectivity index (χ0n) is 34.0. The Hall–Kier alpha value is -8.20. The van der Waals surface area contributed by atoms with Crippen molar-refractivity contribution in [1.82, 2.24) is 4.57 Å². The van der Waals surface area contributed by atoms with E-state index in [-0.39, 0.29) is 0 Å². The average Bonchev–Trinajstić information content (AvgIpc) is 3.69.